The van der Waals surface area contributed by atoms with Crippen LogP contribution in [0.5, 0.6) is 5.75 Å². The maximum absolute atomic E-state index is 12.2. The van der Waals surface area contributed by atoms with Crippen LogP contribution in [0.25, 0.3) is 10.9 Å². The van der Waals surface area contributed by atoms with Gasteiger partial charge < -0.3 is 14.5 Å². The number of carbonyl (C=O) groups excluding carboxylic acids is 1. The van der Waals surface area contributed by atoms with Gasteiger partial charge in [-0.25, -0.2) is 0 Å². The number of aromatic amines is 1. The number of fused-ring (bicyclic) bond motifs is 3. The van der Waals surface area contributed by atoms with Gasteiger partial charge in [-0.2, -0.15) is 0 Å². The van der Waals surface area contributed by atoms with Crippen molar-refractivity contribution in [3.63, 3.8) is 0 Å². The average Bonchev–Trinajstić information content (AvgIpc) is 3.05. The molecule has 1 aliphatic rings. The molecule has 0 spiro atoms. The number of para-hydroxylation sites is 1. The highest BCUT2D eigenvalue weighted by atomic mass is 16.5. The van der Waals surface area contributed by atoms with Crippen molar-refractivity contribution in [2.45, 2.75) is 18.5 Å². The van der Waals surface area contributed by atoms with Crippen molar-refractivity contribution in [2.24, 2.45) is 0 Å². The molecule has 1 aromatic heterocycles. The van der Waals surface area contributed by atoms with Gasteiger partial charge in [0.15, 0.2) is 0 Å². The molecule has 25 heavy (non-hydrogen) atoms. The highest BCUT2D eigenvalue weighted by Crippen LogP contribution is 2.35. The number of esters is 1. The molecule has 0 unspecified atom stereocenters. The zero-order valence-corrected chi connectivity index (χ0v) is 14.2. The smallest absolute Gasteiger partial charge is 0.323 e. The van der Waals surface area contributed by atoms with Crippen molar-refractivity contribution in [1.82, 2.24) is 10.3 Å². The van der Waals surface area contributed by atoms with Crippen molar-refractivity contribution in [3.8, 4) is 5.75 Å². The fourth-order valence-corrected chi connectivity index (χ4v) is 3.59. The van der Waals surface area contributed by atoms with Crippen LogP contribution in [-0.2, 0) is 16.0 Å². The van der Waals surface area contributed by atoms with Gasteiger partial charge in [0.05, 0.1) is 20.3 Å². The van der Waals surface area contributed by atoms with Gasteiger partial charge in [0, 0.05) is 23.0 Å². The first-order valence-electron chi connectivity index (χ1n) is 8.28. The first-order chi connectivity index (χ1) is 12.2. The summed E-state index contributed by atoms with van der Waals surface area (Å²) in [5, 5.41) is 4.59. The second-order valence-corrected chi connectivity index (χ2v) is 6.22. The number of hydrogen-bond donors (Lipinski definition) is 2. The summed E-state index contributed by atoms with van der Waals surface area (Å²) in [5.74, 6) is 0.565. The van der Waals surface area contributed by atoms with Crippen LogP contribution in [-0.4, -0.2) is 31.2 Å². The van der Waals surface area contributed by atoms with Gasteiger partial charge in [0.25, 0.3) is 0 Å². The van der Waals surface area contributed by atoms with Gasteiger partial charge in [-0.1, -0.05) is 30.3 Å². The van der Waals surface area contributed by atoms with Gasteiger partial charge in [0.2, 0.25) is 0 Å². The topological polar surface area (TPSA) is 63.4 Å². The molecule has 2 aromatic carbocycles. The van der Waals surface area contributed by atoms with E-state index in [0.717, 1.165) is 27.9 Å². The number of benzene rings is 2. The van der Waals surface area contributed by atoms with Crippen LogP contribution in [0.2, 0.25) is 0 Å². The van der Waals surface area contributed by atoms with Gasteiger partial charge >= 0.3 is 5.97 Å². The first kappa shape index (κ1) is 15.7. The third-order valence-corrected chi connectivity index (χ3v) is 4.85. The van der Waals surface area contributed by atoms with Crippen LogP contribution < -0.4 is 10.1 Å². The SMILES string of the molecule is COC(=O)[C@H]1Cc2c([nH]c3ccccc23)[C@H](c2ccc(OC)cc2)N1. The molecule has 0 saturated carbocycles. The second kappa shape index (κ2) is 6.26. The summed E-state index contributed by atoms with van der Waals surface area (Å²) >= 11 is 0. The number of carbonyl (C=O) groups is 1. The van der Waals surface area contributed by atoms with Crippen molar-refractivity contribution in [1.29, 1.82) is 0 Å². The lowest BCUT2D eigenvalue weighted by Crippen LogP contribution is -2.45. The van der Waals surface area contributed by atoms with Gasteiger partial charge in [0.1, 0.15) is 11.8 Å². The van der Waals surface area contributed by atoms with Crippen molar-refractivity contribution >= 4 is 16.9 Å². The van der Waals surface area contributed by atoms with Crippen LogP contribution in [0, 0.1) is 0 Å². The monoisotopic (exact) mass is 336 g/mol. The van der Waals surface area contributed by atoms with E-state index in [1.165, 1.54) is 12.7 Å². The average molecular weight is 336 g/mol. The second-order valence-electron chi connectivity index (χ2n) is 6.22. The zero-order valence-electron chi connectivity index (χ0n) is 14.2. The molecule has 2 heterocycles. The van der Waals surface area contributed by atoms with Gasteiger partial charge in [-0.05, 0) is 29.3 Å². The van der Waals surface area contributed by atoms with Crippen LogP contribution in [0.3, 0.4) is 0 Å². The normalized spacial score (nSPS) is 19.4. The third kappa shape index (κ3) is 2.66. The van der Waals surface area contributed by atoms with Crippen molar-refractivity contribution < 1.29 is 14.3 Å². The highest BCUT2D eigenvalue weighted by Gasteiger charge is 2.34. The summed E-state index contributed by atoms with van der Waals surface area (Å²) in [5.41, 5.74) is 4.43. The summed E-state index contributed by atoms with van der Waals surface area (Å²) in [6.07, 6.45) is 0.610. The molecule has 0 amide bonds. The predicted octanol–water partition coefficient (Wildman–Crippen LogP) is 2.95. The van der Waals surface area contributed by atoms with Crippen molar-refractivity contribution in [2.75, 3.05) is 14.2 Å². The number of methoxy groups -OCH3 is 2. The molecule has 0 radical (unpaired) electrons. The minimum atomic E-state index is -0.371. The van der Waals surface area contributed by atoms with E-state index in [1.54, 1.807) is 7.11 Å². The van der Waals surface area contributed by atoms with Crippen LogP contribution in [0.1, 0.15) is 22.9 Å². The van der Waals surface area contributed by atoms with E-state index in [2.05, 4.69) is 22.4 Å². The molecule has 0 bridgehead atoms. The number of rotatable bonds is 3. The largest absolute Gasteiger partial charge is 0.497 e. The fraction of sp³-hybridized carbons (Fsp3) is 0.250. The highest BCUT2D eigenvalue weighted by molar-refractivity contribution is 5.87. The fourth-order valence-electron chi connectivity index (χ4n) is 3.59. The maximum Gasteiger partial charge on any atom is 0.323 e. The Hall–Kier alpha value is -2.79. The Morgan fingerprint density at radius 2 is 1.84 bits per heavy atom. The summed E-state index contributed by atoms with van der Waals surface area (Å²) in [7, 11) is 3.08. The lowest BCUT2D eigenvalue weighted by atomic mass is 9.90. The molecular formula is C20H20N2O3. The number of H-pyrrole nitrogens is 1. The standard InChI is InChI=1S/C20H20N2O3/c1-24-13-9-7-12(8-10-13)18-19-15(11-17(22-18)20(23)25-2)14-5-3-4-6-16(14)21-19/h3-10,17-18,21-22H,11H2,1-2H3/t17-,18+/m1/s1. The number of hydrogen-bond acceptors (Lipinski definition) is 4. The Balaban J connectivity index is 1.83. The van der Waals surface area contributed by atoms with E-state index >= 15 is 0 Å². The van der Waals surface area contributed by atoms with E-state index in [4.69, 9.17) is 9.47 Å². The zero-order chi connectivity index (χ0) is 17.4. The van der Waals surface area contributed by atoms with Crippen LogP contribution in [0.15, 0.2) is 48.5 Å². The summed E-state index contributed by atoms with van der Waals surface area (Å²) in [6.45, 7) is 0. The van der Waals surface area contributed by atoms with E-state index in [9.17, 15) is 4.79 Å². The minimum absolute atomic E-state index is 0.105. The van der Waals surface area contributed by atoms with Crippen LogP contribution >= 0.6 is 0 Å². The molecule has 0 saturated heterocycles. The van der Waals surface area contributed by atoms with E-state index in [-0.39, 0.29) is 18.1 Å². The van der Waals surface area contributed by atoms with E-state index in [0.29, 0.717) is 6.42 Å². The Labute approximate surface area is 146 Å². The Kier molecular flexibility index (Phi) is 3.93. The molecule has 5 nitrogen and oxygen atoms in total. The molecule has 0 aliphatic carbocycles. The molecule has 3 aromatic rings. The number of ether oxygens (including phenoxy) is 2. The molecular weight excluding hydrogens is 316 g/mol. The Morgan fingerprint density at radius 3 is 2.56 bits per heavy atom. The summed E-state index contributed by atoms with van der Waals surface area (Å²) in [6, 6.07) is 15.6. The predicted molar refractivity (Wildman–Crippen MR) is 95.8 cm³/mol. The van der Waals surface area contributed by atoms with Crippen LogP contribution in [0.4, 0.5) is 0 Å². The lowest BCUT2D eigenvalue weighted by molar-refractivity contribution is -0.143. The molecule has 5 heteroatoms. The van der Waals surface area contributed by atoms with Gasteiger partial charge in [-0.3, -0.25) is 10.1 Å². The van der Waals surface area contributed by atoms with Gasteiger partial charge in [-0.15, -0.1) is 0 Å². The minimum Gasteiger partial charge on any atom is -0.497 e. The lowest BCUT2D eigenvalue weighted by Gasteiger charge is -2.30. The molecule has 2 atom stereocenters. The number of aromatic nitrogens is 1. The molecule has 1 aliphatic heterocycles. The molecule has 2 N–H and O–H groups in total. The van der Waals surface area contributed by atoms with E-state index in [1.807, 2.05) is 36.4 Å². The summed E-state index contributed by atoms with van der Waals surface area (Å²) in [4.78, 5) is 15.7. The molecule has 4 rings (SSSR count). The summed E-state index contributed by atoms with van der Waals surface area (Å²) < 4.78 is 10.2. The Morgan fingerprint density at radius 1 is 1.08 bits per heavy atom. The first-order valence-corrected chi connectivity index (χ1v) is 8.28. The quantitative estimate of drug-likeness (QED) is 0.722. The number of nitrogens with one attached hydrogen (secondary N) is 2. The molecule has 0 fully saturated rings. The van der Waals surface area contributed by atoms with Crippen molar-refractivity contribution in [3.05, 3.63) is 65.4 Å². The van der Waals surface area contributed by atoms with E-state index < -0.39 is 0 Å². The Bertz CT molecular complexity index is 914. The third-order valence-electron chi connectivity index (χ3n) is 4.85. The maximum atomic E-state index is 12.2. The molecule has 128 valence electrons.